The van der Waals surface area contributed by atoms with Crippen molar-refractivity contribution in [3.63, 3.8) is 0 Å². The minimum absolute atomic E-state index is 0.0741. The number of rotatable bonds is 10. The quantitative estimate of drug-likeness (QED) is 0.677. The van der Waals surface area contributed by atoms with Crippen LogP contribution in [0.4, 0.5) is 0 Å². The minimum Gasteiger partial charge on any atom is -0.493 e. The molecule has 0 aliphatic heterocycles. The van der Waals surface area contributed by atoms with E-state index in [9.17, 15) is 13.2 Å². The number of nitrogens with zero attached hydrogens (tertiary/aromatic N) is 1. The van der Waals surface area contributed by atoms with Gasteiger partial charge in [0, 0.05) is 25.6 Å². The van der Waals surface area contributed by atoms with Crippen LogP contribution in [0, 0.1) is 0 Å². The first-order valence-electron chi connectivity index (χ1n) is 8.16. The van der Waals surface area contributed by atoms with Gasteiger partial charge in [0.2, 0.25) is 15.9 Å². The molecule has 1 N–H and O–H groups in total. The van der Waals surface area contributed by atoms with Gasteiger partial charge in [0.1, 0.15) is 0 Å². The molecule has 0 saturated carbocycles. The van der Waals surface area contributed by atoms with Gasteiger partial charge >= 0.3 is 0 Å². The number of methoxy groups -OCH3 is 2. The summed E-state index contributed by atoms with van der Waals surface area (Å²) in [7, 11) is -0.386. The molecule has 0 saturated heterocycles. The van der Waals surface area contributed by atoms with Crippen LogP contribution in [0.1, 0.15) is 32.3 Å². The summed E-state index contributed by atoms with van der Waals surface area (Å²) in [5, 5.41) is 2.84. The van der Waals surface area contributed by atoms with Crippen LogP contribution in [-0.2, 0) is 21.4 Å². The van der Waals surface area contributed by atoms with E-state index in [0.717, 1.165) is 18.2 Å². The maximum absolute atomic E-state index is 12.0. The Morgan fingerprint density at radius 2 is 1.88 bits per heavy atom. The first kappa shape index (κ1) is 21.2. The number of carbonyl (C=O) groups is 1. The fourth-order valence-electron chi connectivity index (χ4n) is 2.22. The Kier molecular flexibility index (Phi) is 8.18. The SMILES string of the molecule is CCC(C)NC(=O)CCN(Cc1ccc(OC)c(OC)c1)S(C)(=O)=O. The molecule has 1 unspecified atom stereocenters. The molecule has 0 aliphatic carbocycles. The van der Waals surface area contributed by atoms with Gasteiger partial charge in [0.15, 0.2) is 11.5 Å². The fourth-order valence-corrected chi connectivity index (χ4v) is 3.03. The molecule has 0 spiro atoms. The van der Waals surface area contributed by atoms with Crippen molar-refractivity contribution in [1.82, 2.24) is 9.62 Å². The second-order valence-corrected chi connectivity index (χ2v) is 7.90. The van der Waals surface area contributed by atoms with Gasteiger partial charge < -0.3 is 14.8 Å². The highest BCUT2D eigenvalue weighted by atomic mass is 32.2. The number of benzene rings is 1. The van der Waals surface area contributed by atoms with E-state index in [1.54, 1.807) is 18.2 Å². The molecule has 25 heavy (non-hydrogen) atoms. The minimum atomic E-state index is -3.45. The number of hydrogen-bond donors (Lipinski definition) is 1. The summed E-state index contributed by atoms with van der Waals surface area (Å²) in [6, 6.07) is 5.31. The van der Waals surface area contributed by atoms with E-state index < -0.39 is 10.0 Å². The van der Waals surface area contributed by atoms with E-state index in [2.05, 4.69) is 5.32 Å². The number of ether oxygens (including phenoxy) is 2. The van der Waals surface area contributed by atoms with E-state index in [-0.39, 0.29) is 31.5 Å². The van der Waals surface area contributed by atoms with Crippen LogP contribution in [0.2, 0.25) is 0 Å². The lowest BCUT2D eigenvalue weighted by atomic mass is 10.2. The Balaban J connectivity index is 2.82. The third-order valence-electron chi connectivity index (χ3n) is 3.88. The summed E-state index contributed by atoms with van der Waals surface area (Å²) in [6.45, 7) is 4.17. The van der Waals surface area contributed by atoms with Gasteiger partial charge in [-0.25, -0.2) is 8.42 Å². The van der Waals surface area contributed by atoms with Gasteiger partial charge in [-0.3, -0.25) is 4.79 Å². The summed E-state index contributed by atoms with van der Waals surface area (Å²) in [6.07, 6.45) is 2.08. The first-order valence-corrected chi connectivity index (χ1v) is 10.0. The average Bonchev–Trinajstić information content (AvgIpc) is 2.56. The van der Waals surface area contributed by atoms with Crippen molar-refractivity contribution in [1.29, 1.82) is 0 Å². The van der Waals surface area contributed by atoms with Gasteiger partial charge in [0.05, 0.1) is 20.5 Å². The molecule has 1 aromatic rings. The van der Waals surface area contributed by atoms with Crippen LogP contribution in [0.5, 0.6) is 11.5 Å². The van der Waals surface area contributed by atoms with Crippen LogP contribution in [0.15, 0.2) is 18.2 Å². The molecule has 142 valence electrons. The third-order valence-corrected chi connectivity index (χ3v) is 5.13. The zero-order valence-electron chi connectivity index (χ0n) is 15.5. The fraction of sp³-hybridized carbons (Fsp3) is 0.588. The third kappa shape index (κ3) is 6.91. The predicted molar refractivity (Wildman–Crippen MR) is 97.3 cm³/mol. The lowest BCUT2D eigenvalue weighted by molar-refractivity contribution is -0.121. The van der Waals surface area contributed by atoms with E-state index >= 15 is 0 Å². The van der Waals surface area contributed by atoms with Gasteiger partial charge in [-0.15, -0.1) is 0 Å². The average molecular weight is 372 g/mol. The zero-order chi connectivity index (χ0) is 19.0. The molecule has 1 rings (SSSR count). The molecule has 8 heteroatoms. The first-order chi connectivity index (χ1) is 11.7. The van der Waals surface area contributed by atoms with Crippen molar-refractivity contribution in [3.05, 3.63) is 23.8 Å². The van der Waals surface area contributed by atoms with Crippen molar-refractivity contribution in [3.8, 4) is 11.5 Å². The summed E-state index contributed by atoms with van der Waals surface area (Å²) >= 11 is 0. The standard InChI is InChI=1S/C17H28N2O5S/c1-6-13(2)18-17(20)9-10-19(25(5,21)22)12-14-7-8-15(23-3)16(11-14)24-4/h7-8,11,13H,6,9-10,12H2,1-5H3,(H,18,20). The number of sulfonamides is 1. The number of amides is 1. The summed E-state index contributed by atoms with van der Waals surface area (Å²) < 4.78 is 35.8. The molecule has 0 aromatic heterocycles. The van der Waals surface area contributed by atoms with Crippen LogP contribution < -0.4 is 14.8 Å². The molecule has 0 radical (unpaired) electrons. The molecule has 0 bridgehead atoms. The topological polar surface area (TPSA) is 84.9 Å². The maximum Gasteiger partial charge on any atom is 0.221 e. The van der Waals surface area contributed by atoms with E-state index in [1.807, 2.05) is 13.8 Å². The largest absolute Gasteiger partial charge is 0.493 e. The lowest BCUT2D eigenvalue weighted by Crippen LogP contribution is -2.37. The molecule has 1 amide bonds. The van der Waals surface area contributed by atoms with E-state index in [1.165, 1.54) is 18.5 Å². The van der Waals surface area contributed by atoms with Gasteiger partial charge in [-0.2, -0.15) is 4.31 Å². The van der Waals surface area contributed by atoms with Crippen LogP contribution in [-0.4, -0.2) is 51.7 Å². The number of carbonyl (C=O) groups excluding carboxylic acids is 1. The highest BCUT2D eigenvalue weighted by Crippen LogP contribution is 2.28. The second-order valence-electron chi connectivity index (χ2n) is 5.91. The Bertz CT molecular complexity index is 676. The molecule has 0 aliphatic rings. The van der Waals surface area contributed by atoms with Crippen LogP contribution in [0.3, 0.4) is 0 Å². The molecule has 7 nitrogen and oxygen atoms in total. The summed E-state index contributed by atoms with van der Waals surface area (Å²) in [5.41, 5.74) is 0.755. The Morgan fingerprint density at radius 3 is 2.40 bits per heavy atom. The lowest BCUT2D eigenvalue weighted by Gasteiger charge is -2.21. The molecular weight excluding hydrogens is 344 g/mol. The Morgan fingerprint density at radius 1 is 1.24 bits per heavy atom. The number of nitrogens with one attached hydrogen (secondary N) is 1. The van der Waals surface area contributed by atoms with Gasteiger partial charge in [-0.1, -0.05) is 13.0 Å². The van der Waals surface area contributed by atoms with E-state index in [0.29, 0.717) is 11.5 Å². The monoisotopic (exact) mass is 372 g/mol. The molecular formula is C17H28N2O5S. The van der Waals surface area contributed by atoms with Crippen molar-refractivity contribution in [2.24, 2.45) is 0 Å². The smallest absolute Gasteiger partial charge is 0.221 e. The van der Waals surface area contributed by atoms with Gasteiger partial charge in [-0.05, 0) is 31.0 Å². The van der Waals surface area contributed by atoms with E-state index in [4.69, 9.17) is 9.47 Å². The van der Waals surface area contributed by atoms with Crippen LogP contribution >= 0.6 is 0 Å². The van der Waals surface area contributed by atoms with Crippen molar-refractivity contribution < 1.29 is 22.7 Å². The van der Waals surface area contributed by atoms with Gasteiger partial charge in [0.25, 0.3) is 0 Å². The number of hydrogen-bond acceptors (Lipinski definition) is 5. The molecule has 1 aromatic carbocycles. The Hall–Kier alpha value is -1.80. The zero-order valence-corrected chi connectivity index (χ0v) is 16.4. The molecule has 0 heterocycles. The van der Waals surface area contributed by atoms with Crippen LogP contribution in [0.25, 0.3) is 0 Å². The summed E-state index contributed by atoms with van der Waals surface area (Å²) in [4.78, 5) is 11.9. The molecule has 0 fully saturated rings. The predicted octanol–water partition coefficient (Wildman–Crippen LogP) is 1.77. The normalized spacial score (nSPS) is 12.7. The highest BCUT2D eigenvalue weighted by molar-refractivity contribution is 7.88. The van der Waals surface area contributed by atoms with Crippen molar-refractivity contribution in [2.45, 2.75) is 39.3 Å². The molecule has 1 atom stereocenters. The summed E-state index contributed by atoms with van der Waals surface area (Å²) in [5.74, 6) is 0.948. The maximum atomic E-state index is 12.0. The highest BCUT2D eigenvalue weighted by Gasteiger charge is 2.19. The second kappa shape index (κ2) is 9.62. The van der Waals surface area contributed by atoms with Crippen molar-refractivity contribution >= 4 is 15.9 Å². The Labute approximate surface area is 150 Å². The van der Waals surface area contributed by atoms with Crippen molar-refractivity contribution in [2.75, 3.05) is 27.0 Å².